The molecule has 2 heterocycles. The Morgan fingerprint density at radius 3 is 2.29 bits per heavy atom. The maximum atomic E-state index is 12.7. The standard InChI is InChI=1S/C21H20ClN3O4S2/c22-19-16-8-4-5-9-17(16)30-20(19)21(27)23-14-18(26)24-10-12-25(13-11-24)31(28,29)15-6-2-1-3-7-15/h1-9H,10-14H2,(H,23,27). The van der Waals surface area contributed by atoms with Crippen LogP contribution in [0.15, 0.2) is 59.5 Å². The Balaban J connectivity index is 1.33. The summed E-state index contributed by atoms with van der Waals surface area (Å²) in [6.07, 6.45) is 0. The number of thiophene rings is 1. The average molecular weight is 478 g/mol. The van der Waals surface area contributed by atoms with Gasteiger partial charge >= 0.3 is 0 Å². The summed E-state index contributed by atoms with van der Waals surface area (Å²) in [4.78, 5) is 27.2. The zero-order valence-corrected chi connectivity index (χ0v) is 18.8. The van der Waals surface area contributed by atoms with Crippen LogP contribution in [0, 0.1) is 0 Å². The third-order valence-electron chi connectivity index (χ3n) is 5.11. The minimum atomic E-state index is -3.58. The van der Waals surface area contributed by atoms with Crippen LogP contribution in [0.25, 0.3) is 10.1 Å². The number of piperazine rings is 1. The first kappa shape index (κ1) is 21.8. The highest BCUT2D eigenvalue weighted by molar-refractivity contribution is 7.89. The van der Waals surface area contributed by atoms with Gasteiger partial charge in [-0.15, -0.1) is 11.3 Å². The molecule has 4 rings (SSSR count). The van der Waals surface area contributed by atoms with Crippen LogP contribution in [0.5, 0.6) is 0 Å². The maximum Gasteiger partial charge on any atom is 0.263 e. The van der Waals surface area contributed by atoms with Gasteiger partial charge in [-0.25, -0.2) is 8.42 Å². The SMILES string of the molecule is O=C(NCC(=O)N1CCN(S(=O)(=O)c2ccccc2)CC1)c1sc2ccccc2c1Cl. The number of amides is 2. The monoisotopic (exact) mass is 477 g/mol. The second kappa shape index (κ2) is 8.96. The molecule has 31 heavy (non-hydrogen) atoms. The summed E-state index contributed by atoms with van der Waals surface area (Å²) in [7, 11) is -3.58. The number of sulfonamides is 1. The minimum absolute atomic E-state index is 0.172. The number of nitrogens with zero attached hydrogens (tertiary/aromatic N) is 2. The predicted molar refractivity (Wildman–Crippen MR) is 121 cm³/mol. The average Bonchev–Trinajstić information content (AvgIpc) is 3.14. The molecule has 1 N–H and O–H groups in total. The van der Waals surface area contributed by atoms with E-state index in [1.54, 1.807) is 35.2 Å². The molecule has 2 amide bonds. The van der Waals surface area contributed by atoms with Gasteiger partial charge in [-0.2, -0.15) is 4.31 Å². The first-order valence-corrected chi connectivity index (χ1v) is 12.3. The molecule has 0 saturated carbocycles. The minimum Gasteiger partial charge on any atom is -0.342 e. The molecule has 1 aromatic heterocycles. The van der Waals surface area contributed by atoms with Crippen molar-refractivity contribution >= 4 is 54.9 Å². The summed E-state index contributed by atoms with van der Waals surface area (Å²) >= 11 is 7.60. The van der Waals surface area contributed by atoms with Gasteiger partial charge in [0, 0.05) is 36.3 Å². The van der Waals surface area contributed by atoms with Crippen LogP contribution in [-0.4, -0.2) is 62.2 Å². The van der Waals surface area contributed by atoms with E-state index in [1.165, 1.54) is 15.6 Å². The van der Waals surface area contributed by atoms with Gasteiger partial charge in [-0.05, 0) is 18.2 Å². The molecule has 1 aliphatic heterocycles. The summed E-state index contributed by atoms with van der Waals surface area (Å²) in [5, 5.41) is 3.82. The van der Waals surface area contributed by atoms with Crippen LogP contribution >= 0.6 is 22.9 Å². The number of hydrogen-bond acceptors (Lipinski definition) is 5. The fourth-order valence-electron chi connectivity index (χ4n) is 3.43. The zero-order chi connectivity index (χ0) is 22.0. The van der Waals surface area contributed by atoms with E-state index in [1.807, 2.05) is 24.3 Å². The fraction of sp³-hybridized carbons (Fsp3) is 0.238. The number of benzene rings is 2. The molecule has 1 fully saturated rings. The fourth-order valence-corrected chi connectivity index (χ4v) is 6.30. The molecule has 0 bridgehead atoms. The van der Waals surface area contributed by atoms with Crippen LogP contribution < -0.4 is 5.32 Å². The van der Waals surface area contributed by atoms with Crippen molar-refractivity contribution in [3.05, 3.63) is 64.5 Å². The van der Waals surface area contributed by atoms with E-state index >= 15 is 0 Å². The molecule has 162 valence electrons. The lowest BCUT2D eigenvalue weighted by molar-refractivity contribution is -0.131. The normalized spacial score (nSPS) is 15.2. The number of nitrogens with one attached hydrogen (secondary N) is 1. The molecular formula is C21H20ClN3O4S2. The van der Waals surface area contributed by atoms with E-state index < -0.39 is 15.9 Å². The van der Waals surface area contributed by atoms with Crippen LogP contribution in [0.4, 0.5) is 0 Å². The Morgan fingerprint density at radius 2 is 1.61 bits per heavy atom. The summed E-state index contributed by atoms with van der Waals surface area (Å²) in [5.74, 6) is -0.660. The summed E-state index contributed by atoms with van der Waals surface area (Å²) < 4.78 is 27.7. The number of carbonyl (C=O) groups is 2. The van der Waals surface area contributed by atoms with Gasteiger partial charge in [0.05, 0.1) is 16.5 Å². The van der Waals surface area contributed by atoms with E-state index in [0.717, 1.165) is 10.1 Å². The van der Waals surface area contributed by atoms with Gasteiger partial charge in [-0.1, -0.05) is 48.0 Å². The molecule has 7 nitrogen and oxygen atoms in total. The van der Waals surface area contributed by atoms with Gasteiger partial charge < -0.3 is 10.2 Å². The van der Waals surface area contributed by atoms with E-state index in [2.05, 4.69) is 5.32 Å². The Hall–Kier alpha value is -2.46. The molecule has 0 atom stereocenters. The van der Waals surface area contributed by atoms with Crippen LogP contribution in [-0.2, 0) is 14.8 Å². The van der Waals surface area contributed by atoms with Gasteiger partial charge in [0.25, 0.3) is 5.91 Å². The van der Waals surface area contributed by atoms with Crippen molar-refractivity contribution in [1.82, 2.24) is 14.5 Å². The van der Waals surface area contributed by atoms with E-state index in [-0.39, 0.29) is 43.5 Å². The van der Waals surface area contributed by atoms with E-state index in [9.17, 15) is 18.0 Å². The van der Waals surface area contributed by atoms with Crippen molar-refractivity contribution in [3.63, 3.8) is 0 Å². The number of carbonyl (C=O) groups excluding carboxylic acids is 2. The highest BCUT2D eigenvalue weighted by atomic mass is 35.5. The quantitative estimate of drug-likeness (QED) is 0.612. The van der Waals surface area contributed by atoms with Crippen molar-refractivity contribution in [2.45, 2.75) is 4.90 Å². The van der Waals surface area contributed by atoms with Crippen molar-refractivity contribution in [2.24, 2.45) is 0 Å². The maximum absolute atomic E-state index is 12.7. The molecule has 0 spiro atoms. The molecule has 2 aromatic carbocycles. The zero-order valence-electron chi connectivity index (χ0n) is 16.5. The highest BCUT2D eigenvalue weighted by Crippen LogP contribution is 2.34. The van der Waals surface area contributed by atoms with Crippen molar-refractivity contribution in [2.75, 3.05) is 32.7 Å². The van der Waals surface area contributed by atoms with Crippen LogP contribution in [0.2, 0.25) is 5.02 Å². The lowest BCUT2D eigenvalue weighted by Crippen LogP contribution is -2.52. The Kier molecular flexibility index (Phi) is 6.29. The first-order chi connectivity index (χ1) is 14.9. The van der Waals surface area contributed by atoms with Crippen molar-refractivity contribution in [1.29, 1.82) is 0 Å². The summed E-state index contributed by atoms with van der Waals surface area (Å²) in [6, 6.07) is 15.7. The summed E-state index contributed by atoms with van der Waals surface area (Å²) in [5.41, 5.74) is 0. The van der Waals surface area contributed by atoms with Crippen LogP contribution in [0.1, 0.15) is 9.67 Å². The molecule has 0 aliphatic carbocycles. The van der Waals surface area contributed by atoms with Crippen molar-refractivity contribution in [3.8, 4) is 0 Å². The Bertz CT molecular complexity index is 1220. The largest absolute Gasteiger partial charge is 0.342 e. The molecule has 1 saturated heterocycles. The molecule has 1 aliphatic rings. The lowest BCUT2D eigenvalue weighted by atomic mass is 10.2. The number of hydrogen-bond donors (Lipinski definition) is 1. The Morgan fingerprint density at radius 1 is 0.968 bits per heavy atom. The molecule has 0 radical (unpaired) electrons. The first-order valence-electron chi connectivity index (χ1n) is 9.66. The predicted octanol–water partition coefficient (Wildman–Crippen LogP) is 2.82. The van der Waals surface area contributed by atoms with Gasteiger partial charge in [-0.3, -0.25) is 9.59 Å². The molecule has 10 heteroatoms. The smallest absolute Gasteiger partial charge is 0.263 e. The third-order valence-corrected chi connectivity index (χ3v) is 8.70. The molecular weight excluding hydrogens is 458 g/mol. The second-order valence-corrected chi connectivity index (χ2v) is 10.4. The Labute approximate surface area is 189 Å². The number of halogens is 1. The van der Waals surface area contributed by atoms with Gasteiger partial charge in [0.15, 0.2) is 0 Å². The van der Waals surface area contributed by atoms with Gasteiger partial charge in [0.1, 0.15) is 4.88 Å². The molecule has 0 unspecified atom stereocenters. The topological polar surface area (TPSA) is 86.8 Å². The lowest BCUT2D eigenvalue weighted by Gasteiger charge is -2.34. The second-order valence-electron chi connectivity index (χ2n) is 7.02. The van der Waals surface area contributed by atoms with E-state index in [0.29, 0.717) is 9.90 Å². The van der Waals surface area contributed by atoms with E-state index in [4.69, 9.17) is 11.6 Å². The summed E-state index contributed by atoms with van der Waals surface area (Å²) in [6.45, 7) is 0.780. The van der Waals surface area contributed by atoms with Crippen LogP contribution in [0.3, 0.4) is 0 Å². The van der Waals surface area contributed by atoms with Crippen molar-refractivity contribution < 1.29 is 18.0 Å². The molecule has 3 aromatic rings. The highest BCUT2D eigenvalue weighted by Gasteiger charge is 2.30. The number of fused-ring (bicyclic) bond motifs is 1. The van der Waals surface area contributed by atoms with Gasteiger partial charge in [0.2, 0.25) is 15.9 Å². The third kappa shape index (κ3) is 4.45. The number of rotatable bonds is 5.